The van der Waals surface area contributed by atoms with Crippen LogP contribution < -0.4 is 0 Å². The van der Waals surface area contributed by atoms with E-state index in [1.807, 2.05) is 6.92 Å². The van der Waals surface area contributed by atoms with Crippen LogP contribution in [0.2, 0.25) is 0 Å². The highest BCUT2D eigenvalue weighted by atomic mass is 16.1. The van der Waals surface area contributed by atoms with Gasteiger partial charge in [0.05, 0.1) is 12.2 Å². The zero-order chi connectivity index (χ0) is 12.7. The predicted molar refractivity (Wildman–Crippen MR) is 64.9 cm³/mol. The van der Waals surface area contributed by atoms with Crippen LogP contribution in [0.25, 0.3) is 0 Å². The van der Waals surface area contributed by atoms with Crippen molar-refractivity contribution in [2.75, 3.05) is 6.54 Å². The van der Waals surface area contributed by atoms with Gasteiger partial charge in [-0.25, -0.2) is 14.6 Å². The second-order valence-corrected chi connectivity index (χ2v) is 4.67. The molecule has 4 nitrogen and oxygen atoms in total. The maximum atomic E-state index is 10.3. The molecule has 0 heterocycles. The number of allylic oxidation sites excluding steroid dienone is 2. The molecular weight excluding hydrogens is 216 g/mol. The zero-order valence-electron chi connectivity index (χ0n) is 10.4. The Balaban J connectivity index is 2.57. The fourth-order valence-corrected chi connectivity index (χ4v) is 2.30. The van der Waals surface area contributed by atoms with Crippen LogP contribution in [0.15, 0.2) is 21.3 Å². The van der Waals surface area contributed by atoms with Crippen LogP contribution in [-0.2, 0) is 9.59 Å². The highest BCUT2D eigenvalue weighted by Crippen LogP contribution is 2.35. The number of rotatable bonds is 5. The summed E-state index contributed by atoms with van der Waals surface area (Å²) in [6.07, 6.45) is 7.02. The lowest BCUT2D eigenvalue weighted by Crippen LogP contribution is -2.17. The molecule has 92 valence electrons. The topological polar surface area (TPSA) is 58.9 Å². The van der Waals surface area contributed by atoms with Gasteiger partial charge in [-0.05, 0) is 44.4 Å². The summed E-state index contributed by atoms with van der Waals surface area (Å²) >= 11 is 0. The molecule has 0 radical (unpaired) electrons. The second kappa shape index (κ2) is 6.95. The van der Waals surface area contributed by atoms with Gasteiger partial charge in [-0.1, -0.05) is 12.5 Å². The first-order valence-corrected chi connectivity index (χ1v) is 5.99. The number of hydrogen-bond donors (Lipinski definition) is 0. The van der Waals surface area contributed by atoms with Crippen LogP contribution in [0, 0.1) is 11.8 Å². The van der Waals surface area contributed by atoms with Gasteiger partial charge < -0.3 is 0 Å². The van der Waals surface area contributed by atoms with E-state index in [-0.39, 0.29) is 0 Å². The first kappa shape index (κ1) is 13.6. The molecule has 0 aromatic heterocycles. The SMILES string of the molecule is CC1=C(N=C=O)CC(C(C)CCN=C=O)CC1. The number of isocyanates is 2. The molecule has 0 aliphatic heterocycles. The molecule has 17 heavy (non-hydrogen) atoms. The molecule has 0 bridgehead atoms. The van der Waals surface area contributed by atoms with Crippen LogP contribution in [0.1, 0.15) is 39.5 Å². The summed E-state index contributed by atoms with van der Waals surface area (Å²) in [4.78, 5) is 27.7. The Kier molecular flexibility index (Phi) is 5.55. The van der Waals surface area contributed by atoms with Crippen molar-refractivity contribution in [2.24, 2.45) is 21.8 Å². The Morgan fingerprint density at radius 2 is 2.18 bits per heavy atom. The third-order valence-corrected chi connectivity index (χ3v) is 3.58. The van der Waals surface area contributed by atoms with Crippen molar-refractivity contribution in [3.63, 3.8) is 0 Å². The minimum atomic E-state index is 0.483. The molecule has 0 N–H and O–H groups in total. The average molecular weight is 234 g/mol. The first-order chi connectivity index (χ1) is 8.19. The molecule has 0 saturated heterocycles. The fraction of sp³-hybridized carbons (Fsp3) is 0.692. The van der Waals surface area contributed by atoms with E-state index in [9.17, 15) is 9.59 Å². The Hall–Kier alpha value is -1.50. The van der Waals surface area contributed by atoms with Crippen LogP contribution in [0.4, 0.5) is 0 Å². The van der Waals surface area contributed by atoms with Crippen molar-refractivity contribution in [3.8, 4) is 0 Å². The van der Waals surface area contributed by atoms with Crippen molar-refractivity contribution in [3.05, 3.63) is 11.3 Å². The molecule has 2 unspecified atom stereocenters. The van der Waals surface area contributed by atoms with Gasteiger partial charge in [0.2, 0.25) is 12.2 Å². The maximum Gasteiger partial charge on any atom is 0.240 e. The van der Waals surface area contributed by atoms with Gasteiger partial charge in [-0.2, -0.15) is 4.99 Å². The molecule has 0 fully saturated rings. The van der Waals surface area contributed by atoms with Crippen molar-refractivity contribution in [1.29, 1.82) is 0 Å². The molecule has 0 amide bonds. The Morgan fingerprint density at radius 3 is 2.82 bits per heavy atom. The van der Waals surface area contributed by atoms with Crippen LogP contribution in [0.3, 0.4) is 0 Å². The lowest BCUT2D eigenvalue weighted by Gasteiger charge is -2.28. The van der Waals surface area contributed by atoms with E-state index in [4.69, 9.17) is 0 Å². The van der Waals surface area contributed by atoms with Crippen molar-refractivity contribution in [2.45, 2.75) is 39.5 Å². The monoisotopic (exact) mass is 234 g/mol. The molecule has 0 saturated carbocycles. The normalized spacial score (nSPS) is 21.4. The molecule has 0 aromatic rings. The van der Waals surface area contributed by atoms with Crippen LogP contribution in [0.5, 0.6) is 0 Å². The van der Waals surface area contributed by atoms with E-state index in [1.54, 1.807) is 12.2 Å². The second-order valence-electron chi connectivity index (χ2n) is 4.67. The van der Waals surface area contributed by atoms with E-state index >= 15 is 0 Å². The molecule has 0 spiro atoms. The minimum absolute atomic E-state index is 0.483. The van der Waals surface area contributed by atoms with Crippen molar-refractivity contribution < 1.29 is 9.59 Å². The largest absolute Gasteiger partial charge is 0.240 e. The van der Waals surface area contributed by atoms with E-state index in [2.05, 4.69) is 16.9 Å². The van der Waals surface area contributed by atoms with Crippen molar-refractivity contribution in [1.82, 2.24) is 0 Å². The first-order valence-electron chi connectivity index (χ1n) is 5.99. The smallest absolute Gasteiger partial charge is 0.211 e. The molecule has 1 rings (SSSR count). The van der Waals surface area contributed by atoms with Crippen LogP contribution >= 0.6 is 0 Å². The van der Waals surface area contributed by atoms with Gasteiger partial charge in [0.25, 0.3) is 0 Å². The number of hydrogen-bond acceptors (Lipinski definition) is 4. The van der Waals surface area contributed by atoms with Gasteiger partial charge in [0.15, 0.2) is 0 Å². The molecule has 2 atom stereocenters. The summed E-state index contributed by atoms with van der Waals surface area (Å²) < 4.78 is 0. The lowest BCUT2D eigenvalue weighted by atomic mass is 9.79. The van der Waals surface area contributed by atoms with Gasteiger partial charge in [0.1, 0.15) is 0 Å². The fourth-order valence-electron chi connectivity index (χ4n) is 2.30. The molecular formula is C13H18N2O2. The summed E-state index contributed by atoms with van der Waals surface area (Å²) in [5, 5.41) is 0. The standard InChI is InChI=1S/C13H18N2O2/c1-10(5-6-14-8-16)12-4-3-11(2)13(7-12)15-9-17/h10,12H,3-7H2,1-2H3. The summed E-state index contributed by atoms with van der Waals surface area (Å²) in [5.74, 6) is 1.00. The highest BCUT2D eigenvalue weighted by molar-refractivity contribution is 5.38. The zero-order valence-corrected chi connectivity index (χ0v) is 10.4. The molecule has 0 aromatic carbocycles. The minimum Gasteiger partial charge on any atom is -0.211 e. The number of carbonyl (C=O) groups excluding carboxylic acids is 2. The Morgan fingerprint density at radius 1 is 1.41 bits per heavy atom. The van der Waals surface area contributed by atoms with Gasteiger partial charge in [-0.3, -0.25) is 0 Å². The lowest BCUT2D eigenvalue weighted by molar-refractivity contribution is 0.305. The summed E-state index contributed by atoms with van der Waals surface area (Å²) in [5.41, 5.74) is 2.09. The number of nitrogens with zero attached hydrogens (tertiary/aromatic N) is 2. The van der Waals surface area contributed by atoms with E-state index in [0.29, 0.717) is 18.4 Å². The third-order valence-electron chi connectivity index (χ3n) is 3.58. The Labute approximate surface area is 102 Å². The van der Waals surface area contributed by atoms with E-state index < -0.39 is 0 Å². The van der Waals surface area contributed by atoms with Gasteiger partial charge in [0, 0.05) is 0 Å². The average Bonchev–Trinajstić information content (AvgIpc) is 2.32. The number of aliphatic imine (C=N–C) groups is 2. The quantitative estimate of drug-likeness (QED) is 0.542. The maximum absolute atomic E-state index is 10.3. The van der Waals surface area contributed by atoms with Gasteiger partial charge in [-0.15, -0.1) is 0 Å². The van der Waals surface area contributed by atoms with E-state index in [0.717, 1.165) is 31.4 Å². The Bertz CT molecular complexity index is 388. The summed E-state index contributed by atoms with van der Waals surface area (Å²) in [6, 6.07) is 0. The third kappa shape index (κ3) is 4.10. The molecule has 1 aliphatic rings. The molecule has 1 aliphatic carbocycles. The van der Waals surface area contributed by atoms with Crippen LogP contribution in [-0.4, -0.2) is 18.7 Å². The summed E-state index contributed by atoms with van der Waals surface area (Å²) in [7, 11) is 0. The van der Waals surface area contributed by atoms with Crippen molar-refractivity contribution >= 4 is 12.2 Å². The van der Waals surface area contributed by atoms with E-state index in [1.165, 1.54) is 5.57 Å². The summed E-state index contributed by atoms with van der Waals surface area (Å²) in [6.45, 7) is 4.72. The predicted octanol–water partition coefficient (Wildman–Crippen LogP) is 2.76. The molecule has 4 heteroatoms. The highest BCUT2D eigenvalue weighted by Gasteiger charge is 2.23. The van der Waals surface area contributed by atoms with Gasteiger partial charge >= 0.3 is 0 Å².